The fourth-order valence-corrected chi connectivity index (χ4v) is 4.86. The Balaban J connectivity index is 1.81. The molecule has 0 saturated carbocycles. The van der Waals surface area contributed by atoms with Gasteiger partial charge in [-0.25, -0.2) is 4.68 Å². The summed E-state index contributed by atoms with van der Waals surface area (Å²) in [5.74, 6) is -0.229. The molecule has 1 N–H and O–H groups in total. The van der Waals surface area contributed by atoms with Crippen LogP contribution in [0.15, 0.2) is 47.3 Å². The molecule has 4 rings (SSSR count). The number of fused-ring (bicyclic) bond motifs is 3. The summed E-state index contributed by atoms with van der Waals surface area (Å²) in [5, 5.41) is 9.06. The van der Waals surface area contributed by atoms with Crippen LogP contribution in [0.25, 0.3) is 20.2 Å². The van der Waals surface area contributed by atoms with Crippen molar-refractivity contribution in [2.75, 3.05) is 5.32 Å². The maximum absolute atomic E-state index is 13.4. The van der Waals surface area contributed by atoms with E-state index in [9.17, 15) is 9.59 Å². The highest BCUT2D eigenvalue weighted by Gasteiger charge is 2.24. The van der Waals surface area contributed by atoms with Gasteiger partial charge < -0.3 is 5.32 Å². The van der Waals surface area contributed by atoms with Gasteiger partial charge in [-0.3, -0.25) is 9.59 Å². The van der Waals surface area contributed by atoms with E-state index in [4.69, 9.17) is 0 Å². The van der Waals surface area contributed by atoms with Crippen molar-refractivity contribution in [3.8, 4) is 0 Å². The SMILES string of the molecule is CC[C@H](C(=O)Nc1ccc(C)cc1C)n1nc(C)c2sc3ccccc3c2c1=O. The maximum Gasteiger partial charge on any atom is 0.276 e. The zero-order valence-corrected chi connectivity index (χ0v) is 17.8. The molecule has 2 aromatic carbocycles. The molecule has 4 aromatic rings. The molecule has 0 saturated heterocycles. The minimum Gasteiger partial charge on any atom is -0.324 e. The minimum absolute atomic E-state index is 0.217. The van der Waals surface area contributed by atoms with E-state index in [2.05, 4.69) is 10.4 Å². The summed E-state index contributed by atoms with van der Waals surface area (Å²) in [4.78, 5) is 26.4. The third-order valence-corrected chi connectivity index (χ3v) is 6.51. The average molecular weight is 406 g/mol. The lowest BCUT2D eigenvalue weighted by molar-refractivity contribution is -0.119. The number of benzene rings is 2. The lowest BCUT2D eigenvalue weighted by atomic mass is 10.1. The van der Waals surface area contributed by atoms with E-state index >= 15 is 0 Å². The molecular formula is C23H23N3O2S. The zero-order valence-electron chi connectivity index (χ0n) is 16.9. The summed E-state index contributed by atoms with van der Waals surface area (Å²) in [6.07, 6.45) is 0.469. The molecule has 148 valence electrons. The molecule has 29 heavy (non-hydrogen) atoms. The van der Waals surface area contributed by atoms with Crippen LogP contribution < -0.4 is 10.9 Å². The fourth-order valence-electron chi connectivity index (χ4n) is 3.73. The lowest BCUT2D eigenvalue weighted by Gasteiger charge is -2.18. The van der Waals surface area contributed by atoms with E-state index in [1.165, 1.54) is 4.68 Å². The first-order valence-electron chi connectivity index (χ1n) is 9.69. The number of amides is 1. The number of hydrogen-bond acceptors (Lipinski definition) is 4. The van der Waals surface area contributed by atoms with E-state index in [-0.39, 0.29) is 11.5 Å². The largest absolute Gasteiger partial charge is 0.324 e. The second kappa shape index (κ2) is 7.44. The van der Waals surface area contributed by atoms with E-state index < -0.39 is 6.04 Å². The van der Waals surface area contributed by atoms with Gasteiger partial charge in [-0.05, 0) is 44.9 Å². The molecule has 1 amide bonds. The molecule has 0 unspecified atom stereocenters. The Hall–Kier alpha value is -2.99. The van der Waals surface area contributed by atoms with E-state index in [1.54, 1.807) is 11.3 Å². The van der Waals surface area contributed by atoms with Crippen LogP contribution in [0.2, 0.25) is 0 Å². The quantitative estimate of drug-likeness (QED) is 0.512. The van der Waals surface area contributed by atoms with Gasteiger partial charge in [0, 0.05) is 15.8 Å². The normalized spacial score (nSPS) is 12.4. The van der Waals surface area contributed by atoms with Crippen molar-refractivity contribution < 1.29 is 4.79 Å². The Morgan fingerprint density at radius 3 is 2.66 bits per heavy atom. The molecule has 0 radical (unpaired) electrons. The summed E-state index contributed by atoms with van der Waals surface area (Å²) in [7, 11) is 0. The Kier molecular flexibility index (Phi) is 4.96. The van der Waals surface area contributed by atoms with Crippen molar-refractivity contribution in [2.24, 2.45) is 0 Å². The summed E-state index contributed by atoms with van der Waals surface area (Å²) >= 11 is 1.57. The smallest absolute Gasteiger partial charge is 0.276 e. The van der Waals surface area contributed by atoms with Crippen LogP contribution in [0.4, 0.5) is 5.69 Å². The van der Waals surface area contributed by atoms with Gasteiger partial charge in [-0.2, -0.15) is 5.10 Å². The standard InChI is InChI=1S/C23H23N3O2S/c1-5-18(22(27)24-17-11-10-13(2)12-14(17)3)26-23(28)20-16-8-6-7-9-19(16)29-21(20)15(4)25-26/h6-12,18H,5H2,1-4H3,(H,24,27)/t18-/m1/s1. The van der Waals surface area contributed by atoms with Gasteiger partial charge in [0.1, 0.15) is 6.04 Å². The van der Waals surface area contributed by atoms with Crippen molar-refractivity contribution in [1.82, 2.24) is 9.78 Å². The molecule has 1 atom stereocenters. The van der Waals surface area contributed by atoms with E-state index in [0.717, 1.165) is 37.3 Å². The number of nitrogens with zero attached hydrogens (tertiary/aromatic N) is 2. The van der Waals surface area contributed by atoms with Gasteiger partial charge in [0.05, 0.1) is 15.8 Å². The number of carbonyl (C=O) groups is 1. The Labute approximate surface area is 173 Å². The zero-order chi connectivity index (χ0) is 20.7. The average Bonchev–Trinajstić information content (AvgIpc) is 3.09. The van der Waals surface area contributed by atoms with Crippen LogP contribution in [0, 0.1) is 20.8 Å². The molecule has 0 bridgehead atoms. The molecule has 2 heterocycles. The van der Waals surface area contributed by atoms with Crippen LogP contribution in [-0.4, -0.2) is 15.7 Å². The number of anilines is 1. The highest BCUT2D eigenvalue weighted by Crippen LogP contribution is 2.33. The molecule has 5 nitrogen and oxygen atoms in total. The highest BCUT2D eigenvalue weighted by atomic mass is 32.1. The number of thiophene rings is 1. The summed E-state index contributed by atoms with van der Waals surface area (Å²) in [6.45, 7) is 7.76. The lowest BCUT2D eigenvalue weighted by Crippen LogP contribution is -2.35. The molecule has 0 aliphatic carbocycles. The third kappa shape index (κ3) is 3.34. The number of rotatable bonds is 4. The first-order valence-corrected chi connectivity index (χ1v) is 10.5. The molecule has 6 heteroatoms. The van der Waals surface area contributed by atoms with E-state index in [1.807, 2.05) is 70.2 Å². The van der Waals surface area contributed by atoms with Crippen molar-refractivity contribution in [1.29, 1.82) is 0 Å². The first-order chi connectivity index (χ1) is 13.9. The van der Waals surface area contributed by atoms with Crippen LogP contribution >= 0.6 is 11.3 Å². The maximum atomic E-state index is 13.4. The predicted octanol–water partition coefficient (Wildman–Crippen LogP) is 5.13. The van der Waals surface area contributed by atoms with Gasteiger partial charge in [0.25, 0.3) is 5.56 Å². The molecule has 0 aliphatic rings. The van der Waals surface area contributed by atoms with Crippen molar-refractivity contribution >= 4 is 43.1 Å². The number of aryl methyl sites for hydroxylation is 3. The van der Waals surface area contributed by atoms with Gasteiger partial charge >= 0.3 is 0 Å². The highest BCUT2D eigenvalue weighted by molar-refractivity contribution is 7.26. The minimum atomic E-state index is -0.676. The molecule has 0 aliphatic heterocycles. The van der Waals surface area contributed by atoms with Gasteiger partial charge in [0.2, 0.25) is 5.91 Å². The van der Waals surface area contributed by atoms with Gasteiger partial charge in [-0.1, -0.05) is 42.8 Å². The fraction of sp³-hybridized carbons (Fsp3) is 0.261. The first kappa shape index (κ1) is 19.3. The van der Waals surface area contributed by atoms with Crippen LogP contribution in [0.5, 0.6) is 0 Å². The molecular weight excluding hydrogens is 382 g/mol. The second-order valence-electron chi connectivity index (χ2n) is 7.37. The summed E-state index contributed by atoms with van der Waals surface area (Å²) < 4.78 is 3.29. The van der Waals surface area contributed by atoms with Crippen molar-refractivity contribution in [2.45, 2.75) is 40.2 Å². The van der Waals surface area contributed by atoms with Crippen molar-refractivity contribution in [3.63, 3.8) is 0 Å². The van der Waals surface area contributed by atoms with Crippen LogP contribution in [-0.2, 0) is 4.79 Å². The van der Waals surface area contributed by atoms with Crippen molar-refractivity contribution in [3.05, 3.63) is 69.6 Å². The number of nitrogens with one attached hydrogen (secondary N) is 1. The van der Waals surface area contributed by atoms with Gasteiger partial charge in [-0.15, -0.1) is 11.3 Å². The predicted molar refractivity (Wildman–Crippen MR) is 120 cm³/mol. The third-order valence-electron chi connectivity index (χ3n) is 5.23. The summed E-state index contributed by atoms with van der Waals surface area (Å²) in [5.41, 5.74) is 3.43. The van der Waals surface area contributed by atoms with Crippen LogP contribution in [0.3, 0.4) is 0 Å². The monoisotopic (exact) mass is 405 g/mol. The number of aromatic nitrogens is 2. The Morgan fingerprint density at radius 1 is 1.17 bits per heavy atom. The summed E-state index contributed by atoms with van der Waals surface area (Å²) in [6, 6.07) is 13.1. The molecule has 0 spiro atoms. The molecule has 0 fully saturated rings. The topological polar surface area (TPSA) is 64.0 Å². The Morgan fingerprint density at radius 2 is 1.93 bits per heavy atom. The van der Waals surface area contributed by atoms with Gasteiger partial charge in [0.15, 0.2) is 0 Å². The molecule has 2 aromatic heterocycles. The second-order valence-corrected chi connectivity index (χ2v) is 8.42. The Bertz CT molecular complexity index is 1300. The number of hydrogen-bond donors (Lipinski definition) is 1. The van der Waals surface area contributed by atoms with E-state index in [0.29, 0.717) is 11.8 Å². The number of carbonyl (C=O) groups excluding carboxylic acids is 1. The van der Waals surface area contributed by atoms with Crippen LogP contribution in [0.1, 0.15) is 36.2 Å².